The van der Waals surface area contributed by atoms with E-state index >= 15 is 0 Å². The fourth-order valence-electron chi connectivity index (χ4n) is 5.22. The first-order chi connectivity index (χ1) is 12.0. The minimum absolute atomic E-state index is 0.700. The molecule has 1 aliphatic heterocycles. The van der Waals surface area contributed by atoms with Crippen LogP contribution in [0.3, 0.4) is 0 Å². The zero-order chi connectivity index (χ0) is 18.2. The van der Waals surface area contributed by atoms with Gasteiger partial charge < -0.3 is 5.32 Å². The first-order valence-electron chi connectivity index (χ1n) is 11.2. The zero-order valence-corrected chi connectivity index (χ0v) is 17.6. The number of hydrogen-bond donors (Lipinski definition) is 1. The van der Waals surface area contributed by atoms with Gasteiger partial charge in [0.15, 0.2) is 0 Å². The van der Waals surface area contributed by atoms with Crippen molar-refractivity contribution >= 4 is 0 Å². The van der Waals surface area contributed by atoms with Crippen molar-refractivity contribution in [3.8, 4) is 0 Å². The molecule has 2 heteroatoms. The number of nitrogens with zero attached hydrogens (tertiary/aromatic N) is 1. The Morgan fingerprint density at radius 2 is 1.80 bits per heavy atom. The lowest BCUT2D eigenvalue weighted by molar-refractivity contribution is -0.0262. The smallest absolute Gasteiger partial charge is 0.0113 e. The molecule has 1 fully saturated rings. The molecule has 6 atom stereocenters. The highest BCUT2D eigenvalue weighted by Crippen LogP contribution is 2.34. The summed E-state index contributed by atoms with van der Waals surface area (Å²) in [5.41, 5.74) is 0. The quantitative estimate of drug-likeness (QED) is 0.648. The molecule has 1 heterocycles. The highest BCUT2D eigenvalue weighted by molar-refractivity contribution is 4.95. The van der Waals surface area contributed by atoms with Crippen LogP contribution in [-0.2, 0) is 0 Å². The molecule has 2 nitrogen and oxygen atoms in total. The second-order valence-electron chi connectivity index (χ2n) is 8.99. The highest BCUT2D eigenvalue weighted by Gasteiger charge is 2.38. The molecule has 0 aromatic rings. The van der Waals surface area contributed by atoms with Gasteiger partial charge in [-0.15, -0.1) is 0 Å². The van der Waals surface area contributed by atoms with Crippen molar-refractivity contribution < 1.29 is 0 Å². The molecule has 0 aromatic carbocycles. The standard InChI is InChI=1S/C23H44N2/c1-6-22-17-20(5)25(22)23-13-9-11-18(3)10-8-12-19(4)16-21(14-15-23)24-7-2/h8,10,18-24H,6-7,9,11-17H2,1-5H3. The molecule has 0 radical (unpaired) electrons. The van der Waals surface area contributed by atoms with E-state index in [1.165, 1.54) is 57.8 Å². The van der Waals surface area contributed by atoms with Crippen LogP contribution in [-0.4, -0.2) is 35.6 Å². The molecule has 0 amide bonds. The Balaban J connectivity index is 2.04. The summed E-state index contributed by atoms with van der Waals surface area (Å²) >= 11 is 0. The molecule has 0 spiro atoms. The zero-order valence-electron chi connectivity index (χ0n) is 17.6. The largest absolute Gasteiger partial charge is 0.314 e. The molecule has 25 heavy (non-hydrogen) atoms. The summed E-state index contributed by atoms with van der Waals surface area (Å²) in [6, 6.07) is 3.16. The van der Waals surface area contributed by atoms with Crippen molar-refractivity contribution in [2.24, 2.45) is 11.8 Å². The molecular formula is C23H44N2. The van der Waals surface area contributed by atoms with E-state index in [2.05, 4.69) is 57.0 Å². The van der Waals surface area contributed by atoms with Gasteiger partial charge >= 0.3 is 0 Å². The average Bonchev–Trinajstić information content (AvgIpc) is 2.57. The van der Waals surface area contributed by atoms with Gasteiger partial charge in [0, 0.05) is 24.2 Å². The molecule has 146 valence electrons. The van der Waals surface area contributed by atoms with Gasteiger partial charge in [-0.25, -0.2) is 0 Å². The van der Waals surface area contributed by atoms with Gasteiger partial charge in [-0.05, 0) is 76.7 Å². The van der Waals surface area contributed by atoms with E-state index in [0.717, 1.165) is 36.5 Å². The van der Waals surface area contributed by atoms with Gasteiger partial charge in [0.25, 0.3) is 0 Å². The topological polar surface area (TPSA) is 15.3 Å². The van der Waals surface area contributed by atoms with Crippen LogP contribution in [0.2, 0.25) is 0 Å². The molecule has 1 N–H and O–H groups in total. The van der Waals surface area contributed by atoms with E-state index in [1.54, 1.807) is 0 Å². The minimum atomic E-state index is 0.700. The van der Waals surface area contributed by atoms with E-state index in [0.29, 0.717) is 6.04 Å². The van der Waals surface area contributed by atoms with Crippen LogP contribution in [0.4, 0.5) is 0 Å². The fourth-order valence-corrected chi connectivity index (χ4v) is 5.22. The first-order valence-corrected chi connectivity index (χ1v) is 11.2. The minimum Gasteiger partial charge on any atom is -0.314 e. The maximum absolute atomic E-state index is 3.78. The molecule has 1 aliphatic carbocycles. The number of rotatable bonds is 4. The van der Waals surface area contributed by atoms with Crippen LogP contribution in [0.1, 0.15) is 92.4 Å². The number of hydrogen-bond acceptors (Lipinski definition) is 2. The van der Waals surface area contributed by atoms with Gasteiger partial charge in [0.05, 0.1) is 0 Å². The van der Waals surface area contributed by atoms with Gasteiger partial charge in [-0.3, -0.25) is 4.90 Å². The first kappa shape index (κ1) is 21.0. The van der Waals surface area contributed by atoms with E-state index in [1.807, 2.05) is 0 Å². The lowest BCUT2D eigenvalue weighted by atomic mass is 9.85. The predicted octanol–water partition coefficient (Wildman–Crippen LogP) is 5.78. The van der Waals surface area contributed by atoms with Crippen LogP contribution in [0.25, 0.3) is 0 Å². The SMILES string of the molecule is CCNC1CCC(N2C(C)CC2CC)CCCC(C)C=CCC(C)C1. The molecular weight excluding hydrogens is 304 g/mol. The Morgan fingerprint density at radius 3 is 2.48 bits per heavy atom. The summed E-state index contributed by atoms with van der Waals surface area (Å²) in [7, 11) is 0. The van der Waals surface area contributed by atoms with E-state index in [9.17, 15) is 0 Å². The Bertz CT molecular complexity index is 392. The molecule has 0 saturated carbocycles. The molecule has 0 bridgehead atoms. The number of likely N-dealkylation sites (tertiary alicyclic amines) is 1. The summed E-state index contributed by atoms with van der Waals surface area (Å²) < 4.78 is 0. The Kier molecular flexibility index (Phi) is 8.99. The van der Waals surface area contributed by atoms with Crippen molar-refractivity contribution in [2.45, 2.75) is 117 Å². The lowest BCUT2D eigenvalue weighted by Crippen LogP contribution is -2.58. The second kappa shape index (κ2) is 10.7. The van der Waals surface area contributed by atoms with E-state index in [-0.39, 0.29) is 0 Å². The van der Waals surface area contributed by atoms with E-state index in [4.69, 9.17) is 0 Å². The maximum atomic E-state index is 3.78. The third-order valence-electron chi connectivity index (χ3n) is 6.66. The third-order valence-corrected chi connectivity index (χ3v) is 6.66. The summed E-state index contributed by atoms with van der Waals surface area (Å²) in [4.78, 5) is 2.88. The fraction of sp³-hybridized carbons (Fsp3) is 0.913. The van der Waals surface area contributed by atoms with Gasteiger partial charge in [-0.1, -0.05) is 46.3 Å². The predicted molar refractivity (Wildman–Crippen MR) is 111 cm³/mol. The second-order valence-corrected chi connectivity index (χ2v) is 8.99. The maximum Gasteiger partial charge on any atom is 0.0113 e. The monoisotopic (exact) mass is 348 g/mol. The van der Waals surface area contributed by atoms with Crippen molar-refractivity contribution in [2.75, 3.05) is 6.54 Å². The van der Waals surface area contributed by atoms with Crippen molar-refractivity contribution in [3.63, 3.8) is 0 Å². The Morgan fingerprint density at radius 1 is 1.00 bits per heavy atom. The normalized spacial score (nSPS) is 39.1. The Labute approximate surface area is 157 Å². The van der Waals surface area contributed by atoms with Crippen LogP contribution in [0.15, 0.2) is 12.2 Å². The Hall–Kier alpha value is -0.340. The lowest BCUT2D eigenvalue weighted by Gasteiger charge is -2.52. The van der Waals surface area contributed by atoms with Crippen LogP contribution in [0, 0.1) is 11.8 Å². The summed E-state index contributed by atoms with van der Waals surface area (Å²) in [5, 5.41) is 3.78. The molecule has 1 saturated heterocycles. The van der Waals surface area contributed by atoms with Crippen molar-refractivity contribution in [1.29, 1.82) is 0 Å². The summed E-state index contributed by atoms with van der Waals surface area (Å²) in [6.07, 6.45) is 17.1. The van der Waals surface area contributed by atoms with Gasteiger partial charge in [-0.2, -0.15) is 0 Å². The van der Waals surface area contributed by atoms with Crippen molar-refractivity contribution in [3.05, 3.63) is 12.2 Å². The van der Waals surface area contributed by atoms with Crippen molar-refractivity contribution in [1.82, 2.24) is 10.2 Å². The van der Waals surface area contributed by atoms with E-state index < -0.39 is 0 Å². The van der Waals surface area contributed by atoms with Gasteiger partial charge in [0.2, 0.25) is 0 Å². The van der Waals surface area contributed by atoms with Gasteiger partial charge in [0.1, 0.15) is 0 Å². The average molecular weight is 349 g/mol. The molecule has 0 aromatic heterocycles. The van der Waals surface area contributed by atoms with Crippen LogP contribution >= 0.6 is 0 Å². The summed E-state index contributed by atoms with van der Waals surface area (Å²) in [5.74, 6) is 1.53. The third kappa shape index (κ3) is 6.40. The number of allylic oxidation sites excluding steroid dienone is 2. The summed E-state index contributed by atoms with van der Waals surface area (Å²) in [6.45, 7) is 13.0. The molecule has 2 rings (SSSR count). The van der Waals surface area contributed by atoms with Crippen LogP contribution < -0.4 is 5.32 Å². The number of nitrogens with one attached hydrogen (secondary N) is 1. The molecule has 2 aliphatic rings. The molecule has 6 unspecified atom stereocenters. The highest BCUT2D eigenvalue weighted by atomic mass is 15.3. The van der Waals surface area contributed by atoms with Crippen LogP contribution in [0.5, 0.6) is 0 Å².